The number of anilines is 1. The average Bonchev–Trinajstić information content (AvgIpc) is 3.08. The SMILES string of the molecule is O=C(Nc1snc2ccccc12)NC1CCN(Cc2ccc(Cl)cc2)CC1. The number of aromatic nitrogens is 1. The Morgan fingerprint density at radius 2 is 1.89 bits per heavy atom. The molecule has 0 unspecified atom stereocenters. The van der Waals surface area contributed by atoms with Gasteiger partial charge in [0, 0.05) is 36.1 Å². The Bertz CT molecular complexity index is 919. The van der Waals surface area contributed by atoms with E-state index in [1.54, 1.807) is 0 Å². The third-order valence-corrected chi connectivity index (χ3v) is 5.90. The summed E-state index contributed by atoms with van der Waals surface area (Å²) in [6.45, 7) is 2.86. The van der Waals surface area contributed by atoms with Crippen molar-refractivity contribution >= 4 is 45.1 Å². The number of hydrogen-bond acceptors (Lipinski definition) is 4. The fraction of sp³-hybridized carbons (Fsp3) is 0.300. The van der Waals surface area contributed by atoms with Gasteiger partial charge in [-0.05, 0) is 54.2 Å². The maximum Gasteiger partial charge on any atom is 0.320 e. The topological polar surface area (TPSA) is 57.3 Å². The quantitative estimate of drug-likeness (QED) is 0.665. The van der Waals surface area contributed by atoms with Crippen LogP contribution in [0.2, 0.25) is 5.02 Å². The number of likely N-dealkylation sites (tertiary alicyclic amines) is 1. The average molecular weight is 401 g/mol. The minimum absolute atomic E-state index is 0.152. The van der Waals surface area contributed by atoms with Crippen LogP contribution < -0.4 is 10.6 Å². The first-order valence-corrected chi connectivity index (χ1v) is 10.2. The Morgan fingerprint density at radius 1 is 1.15 bits per heavy atom. The molecular formula is C20H21ClN4OS. The highest BCUT2D eigenvalue weighted by molar-refractivity contribution is 7.12. The highest BCUT2D eigenvalue weighted by Gasteiger charge is 2.21. The Labute approximate surface area is 167 Å². The molecule has 2 heterocycles. The maximum absolute atomic E-state index is 12.4. The summed E-state index contributed by atoms with van der Waals surface area (Å²) in [6, 6.07) is 15.9. The lowest BCUT2D eigenvalue weighted by atomic mass is 10.0. The predicted octanol–water partition coefficient (Wildman–Crippen LogP) is 4.74. The van der Waals surface area contributed by atoms with E-state index >= 15 is 0 Å². The van der Waals surface area contributed by atoms with Crippen LogP contribution in [-0.2, 0) is 6.54 Å². The van der Waals surface area contributed by atoms with Crippen molar-refractivity contribution in [3.8, 4) is 0 Å². The number of halogens is 1. The zero-order chi connectivity index (χ0) is 18.6. The molecule has 2 aromatic carbocycles. The number of amides is 2. The van der Waals surface area contributed by atoms with Gasteiger partial charge in [0.2, 0.25) is 0 Å². The van der Waals surface area contributed by atoms with E-state index in [4.69, 9.17) is 11.6 Å². The number of rotatable bonds is 4. The van der Waals surface area contributed by atoms with Crippen LogP contribution in [-0.4, -0.2) is 34.4 Å². The summed E-state index contributed by atoms with van der Waals surface area (Å²) in [5.41, 5.74) is 2.17. The molecule has 5 nitrogen and oxygen atoms in total. The van der Waals surface area contributed by atoms with Gasteiger partial charge in [0.1, 0.15) is 5.00 Å². The van der Waals surface area contributed by atoms with E-state index in [-0.39, 0.29) is 12.1 Å². The molecule has 2 N–H and O–H groups in total. The highest BCUT2D eigenvalue weighted by atomic mass is 35.5. The van der Waals surface area contributed by atoms with Gasteiger partial charge in [-0.3, -0.25) is 10.2 Å². The third kappa shape index (κ3) is 4.58. The van der Waals surface area contributed by atoms with Crippen molar-refractivity contribution in [1.29, 1.82) is 0 Å². The second kappa shape index (κ2) is 8.25. The summed E-state index contributed by atoms with van der Waals surface area (Å²) in [7, 11) is 0. The summed E-state index contributed by atoms with van der Waals surface area (Å²) in [6.07, 6.45) is 1.90. The normalized spacial score (nSPS) is 15.7. The summed E-state index contributed by atoms with van der Waals surface area (Å²) in [4.78, 5) is 14.8. The molecule has 1 saturated heterocycles. The molecule has 0 atom stereocenters. The lowest BCUT2D eigenvalue weighted by Gasteiger charge is -2.32. The van der Waals surface area contributed by atoms with Gasteiger partial charge >= 0.3 is 6.03 Å². The van der Waals surface area contributed by atoms with Crippen LogP contribution in [0.1, 0.15) is 18.4 Å². The number of benzene rings is 2. The molecular weight excluding hydrogens is 380 g/mol. The largest absolute Gasteiger partial charge is 0.335 e. The zero-order valence-electron chi connectivity index (χ0n) is 14.8. The van der Waals surface area contributed by atoms with Gasteiger partial charge in [-0.15, -0.1) is 0 Å². The lowest BCUT2D eigenvalue weighted by molar-refractivity contribution is 0.190. The number of carbonyl (C=O) groups excluding carboxylic acids is 1. The van der Waals surface area contributed by atoms with E-state index in [2.05, 4.69) is 32.0 Å². The molecule has 0 spiro atoms. The number of piperidine rings is 1. The van der Waals surface area contributed by atoms with Gasteiger partial charge in [0.15, 0.2) is 0 Å². The molecule has 1 aliphatic rings. The fourth-order valence-electron chi connectivity index (χ4n) is 3.39. The van der Waals surface area contributed by atoms with Crippen LogP contribution in [0.3, 0.4) is 0 Å². The molecule has 27 heavy (non-hydrogen) atoms. The van der Waals surface area contributed by atoms with Gasteiger partial charge < -0.3 is 5.32 Å². The van der Waals surface area contributed by atoms with E-state index in [0.717, 1.165) is 53.4 Å². The van der Waals surface area contributed by atoms with E-state index in [9.17, 15) is 4.79 Å². The summed E-state index contributed by atoms with van der Waals surface area (Å²) in [5, 5.41) is 8.59. The minimum atomic E-state index is -0.152. The van der Waals surface area contributed by atoms with Crippen molar-refractivity contribution in [3.63, 3.8) is 0 Å². The van der Waals surface area contributed by atoms with Crippen LogP contribution in [0, 0.1) is 0 Å². The molecule has 0 saturated carbocycles. The molecule has 0 aliphatic carbocycles. The van der Waals surface area contributed by atoms with Gasteiger partial charge in [-0.25, -0.2) is 4.79 Å². The Hall–Kier alpha value is -2.15. The van der Waals surface area contributed by atoms with E-state index in [1.165, 1.54) is 17.1 Å². The fourth-order valence-corrected chi connectivity index (χ4v) is 4.27. The second-order valence-electron chi connectivity index (χ2n) is 6.80. The van der Waals surface area contributed by atoms with E-state index < -0.39 is 0 Å². The molecule has 3 aromatic rings. The van der Waals surface area contributed by atoms with Crippen molar-refractivity contribution in [2.24, 2.45) is 0 Å². The van der Waals surface area contributed by atoms with Crippen LogP contribution in [0.4, 0.5) is 9.80 Å². The Balaban J connectivity index is 1.26. The zero-order valence-corrected chi connectivity index (χ0v) is 16.4. The van der Waals surface area contributed by atoms with Crippen molar-refractivity contribution in [2.45, 2.75) is 25.4 Å². The van der Waals surface area contributed by atoms with Crippen molar-refractivity contribution in [3.05, 3.63) is 59.1 Å². The Morgan fingerprint density at radius 3 is 2.67 bits per heavy atom. The third-order valence-electron chi connectivity index (χ3n) is 4.85. The molecule has 7 heteroatoms. The summed E-state index contributed by atoms with van der Waals surface area (Å²) < 4.78 is 4.36. The number of urea groups is 1. The van der Waals surface area contributed by atoms with Crippen molar-refractivity contribution in [1.82, 2.24) is 14.6 Å². The van der Waals surface area contributed by atoms with Crippen molar-refractivity contribution < 1.29 is 4.79 Å². The molecule has 0 radical (unpaired) electrons. The number of carbonyl (C=O) groups is 1. The second-order valence-corrected chi connectivity index (χ2v) is 8.01. The lowest BCUT2D eigenvalue weighted by Crippen LogP contribution is -2.45. The van der Waals surface area contributed by atoms with E-state index in [1.807, 2.05) is 36.4 Å². The van der Waals surface area contributed by atoms with Crippen LogP contribution in [0.15, 0.2) is 48.5 Å². The summed E-state index contributed by atoms with van der Waals surface area (Å²) >= 11 is 7.26. The molecule has 4 rings (SSSR count). The molecule has 140 valence electrons. The first kappa shape index (κ1) is 18.2. The number of hydrogen-bond donors (Lipinski definition) is 2. The summed E-state index contributed by atoms with van der Waals surface area (Å²) in [5.74, 6) is 0. The Kier molecular flexibility index (Phi) is 5.57. The van der Waals surface area contributed by atoms with Gasteiger partial charge in [-0.1, -0.05) is 35.9 Å². The first-order chi connectivity index (χ1) is 13.2. The molecule has 1 aliphatic heterocycles. The van der Waals surface area contributed by atoms with E-state index in [0.29, 0.717) is 0 Å². The standard InChI is InChI=1S/C20H21ClN4OS/c21-15-7-5-14(6-8-15)13-25-11-9-16(10-12-25)22-20(26)23-19-17-3-1-2-4-18(17)24-27-19/h1-8,16H,9-13H2,(H2,22,23,26). The number of nitrogens with one attached hydrogen (secondary N) is 2. The van der Waals surface area contributed by atoms with Crippen molar-refractivity contribution in [2.75, 3.05) is 18.4 Å². The molecule has 2 amide bonds. The number of fused-ring (bicyclic) bond motifs is 1. The first-order valence-electron chi connectivity index (χ1n) is 9.06. The number of nitrogens with zero attached hydrogens (tertiary/aromatic N) is 2. The van der Waals surface area contributed by atoms with Crippen LogP contribution in [0.25, 0.3) is 10.9 Å². The van der Waals surface area contributed by atoms with Gasteiger partial charge in [-0.2, -0.15) is 4.37 Å². The predicted molar refractivity (Wildman–Crippen MR) is 112 cm³/mol. The maximum atomic E-state index is 12.4. The van der Waals surface area contributed by atoms with Gasteiger partial charge in [0.25, 0.3) is 0 Å². The van der Waals surface area contributed by atoms with Crippen LogP contribution >= 0.6 is 23.1 Å². The molecule has 0 bridgehead atoms. The highest BCUT2D eigenvalue weighted by Crippen LogP contribution is 2.27. The molecule has 1 aromatic heterocycles. The smallest absolute Gasteiger partial charge is 0.320 e. The van der Waals surface area contributed by atoms with Crippen LogP contribution in [0.5, 0.6) is 0 Å². The van der Waals surface area contributed by atoms with Gasteiger partial charge in [0.05, 0.1) is 5.52 Å². The minimum Gasteiger partial charge on any atom is -0.335 e. The molecule has 1 fully saturated rings. The monoisotopic (exact) mass is 400 g/mol.